The highest BCUT2D eigenvalue weighted by atomic mass is 16.7. The molecule has 0 amide bonds. The number of ether oxygens (including phenoxy) is 1. The normalized spacial score (nSPS) is 10.6. The fourth-order valence-corrected chi connectivity index (χ4v) is 2.28. The smallest absolute Gasteiger partial charge is 0.356 e. The number of para-hydroxylation sites is 1. The number of rotatable bonds is 5. The molecule has 1 N–H and O–H groups in total. The summed E-state index contributed by atoms with van der Waals surface area (Å²) >= 11 is 0. The summed E-state index contributed by atoms with van der Waals surface area (Å²) < 4.78 is 6.47. The number of aromatic carboxylic acids is 1. The first-order valence-electron chi connectivity index (χ1n) is 6.79. The minimum Gasteiger partial charge on any atom is -0.497 e. The monoisotopic (exact) mass is 297 g/mol. The van der Waals surface area contributed by atoms with Crippen LogP contribution in [0.1, 0.15) is 16.1 Å². The van der Waals surface area contributed by atoms with Gasteiger partial charge in [0.15, 0.2) is 5.69 Å². The zero-order valence-corrected chi connectivity index (χ0v) is 12.0. The van der Waals surface area contributed by atoms with Crippen molar-refractivity contribution in [2.75, 3.05) is 7.11 Å². The lowest BCUT2D eigenvalue weighted by Gasteiger charge is -2.11. The van der Waals surface area contributed by atoms with Crippen LogP contribution in [0.3, 0.4) is 0 Å². The Bertz CT molecular complexity index is 805. The molecule has 1 aromatic heterocycles. The predicted molar refractivity (Wildman–Crippen MR) is 82.2 cm³/mol. The van der Waals surface area contributed by atoms with Crippen molar-refractivity contribution in [1.29, 1.82) is 0 Å². The number of hydrogen-bond acceptors (Lipinski definition) is 3. The van der Waals surface area contributed by atoms with Gasteiger partial charge in [-0.15, -0.1) is 0 Å². The van der Waals surface area contributed by atoms with Crippen LogP contribution < -0.4 is 9.57 Å². The van der Waals surface area contributed by atoms with Crippen LogP contribution >= 0.6 is 0 Å². The van der Waals surface area contributed by atoms with Gasteiger partial charge in [-0.05, 0) is 29.8 Å². The van der Waals surface area contributed by atoms with Crippen molar-refractivity contribution in [3.63, 3.8) is 0 Å². The number of aromatic nitrogens is 1. The first-order valence-corrected chi connectivity index (χ1v) is 6.79. The Hall–Kier alpha value is -2.95. The highest BCUT2D eigenvalue weighted by Gasteiger charge is 2.15. The largest absolute Gasteiger partial charge is 0.497 e. The molecule has 5 nitrogen and oxygen atoms in total. The topological polar surface area (TPSA) is 60.7 Å². The standard InChI is InChI=1S/C17H15NO4/c1-21-14-8-6-12(7-9-14)11-22-18-15-5-3-2-4-13(15)10-16(18)17(19)20/h2-10H,11H2,1H3,(H,19,20). The van der Waals surface area contributed by atoms with Gasteiger partial charge < -0.3 is 14.7 Å². The van der Waals surface area contributed by atoms with Gasteiger partial charge in [-0.3, -0.25) is 0 Å². The Morgan fingerprint density at radius 2 is 1.86 bits per heavy atom. The number of hydrogen-bond donors (Lipinski definition) is 1. The summed E-state index contributed by atoms with van der Waals surface area (Å²) in [5, 5.41) is 10.1. The first kappa shape index (κ1) is 14.0. The molecule has 3 aromatic rings. The number of nitrogens with zero attached hydrogens (tertiary/aromatic N) is 1. The molecular weight excluding hydrogens is 282 g/mol. The Balaban J connectivity index is 1.88. The van der Waals surface area contributed by atoms with E-state index in [1.54, 1.807) is 13.2 Å². The molecule has 1 heterocycles. The molecule has 0 bridgehead atoms. The third kappa shape index (κ3) is 2.61. The van der Waals surface area contributed by atoms with Gasteiger partial charge in [0.2, 0.25) is 0 Å². The maximum atomic E-state index is 11.4. The second-order valence-electron chi connectivity index (χ2n) is 4.81. The molecule has 112 valence electrons. The van der Waals surface area contributed by atoms with Gasteiger partial charge in [-0.2, -0.15) is 4.73 Å². The number of carboxylic acid groups (broad SMARTS) is 1. The molecule has 5 heteroatoms. The Labute approximate surface area is 127 Å². The van der Waals surface area contributed by atoms with Gasteiger partial charge in [0.05, 0.1) is 12.6 Å². The average Bonchev–Trinajstić information content (AvgIpc) is 2.92. The van der Waals surface area contributed by atoms with E-state index < -0.39 is 5.97 Å². The molecule has 0 fully saturated rings. The van der Waals surface area contributed by atoms with Crippen LogP contribution in [0.15, 0.2) is 54.6 Å². The van der Waals surface area contributed by atoms with Gasteiger partial charge in [-0.25, -0.2) is 4.79 Å². The maximum absolute atomic E-state index is 11.4. The van der Waals surface area contributed by atoms with E-state index in [9.17, 15) is 9.90 Å². The second-order valence-corrected chi connectivity index (χ2v) is 4.81. The van der Waals surface area contributed by atoms with Gasteiger partial charge in [0.25, 0.3) is 0 Å². The number of fused-ring (bicyclic) bond motifs is 1. The van der Waals surface area contributed by atoms with Crippen LogP contribution in [0.2, 0.25) is 0 Å². The molecule has 0 aliphatic heterocycles. The number of methoxy groups -OCH3 is 1. The second kappa shape index (κ2) is 5.81. The van der Waals surface area contributed by atoms with E-state index in [0.717, 1.165) is 22.2 Å². The maximum Gasteiger partial charge on any atom is 0.356 e. The van der Waals surface area contributed by atoms with Crippen molar-refractivity contribution in [2.24, 2.45) is 0 Å². The van der Waals surface area contributed by atoms with E-state index in [1.807, 2.05) is 48.5 Å². The molecule has 0 spiro atoms. The third-order valence-corrected chi connectivity index (χ3v) is 3.41. The predicted octanol–water partition coefficient (Wildman–Crippen LogP) is 2.98. The lowest BCUT2D eigenvalue weighted by Crippen LogP contribution is -2.16. The minimum atomic E-state index is -1.02. The van der Waals surface area contributed by atoms with Crippen molar-refractivity contribution >= 4 is 16.9 Å². The summed E-state index contributed by atoms with van der Waals surface area (Å²) in [4.78, 5) is 17.1. The molecule has 2 aromatic carbocycles. The summed E-state index contributed by atoms with van der Waals surface area (Å²) in [6.45, 7) is 0.267. The Morgan fingerprint density at radius 1 is 1.14 bits per heavy atom. The Kier molecular flexibility index (Phi) is 3.70. The van der Waals surface area contributed by atoms with Crippen molar-refractivity contribution in [2.45, 2.75) is 6.61 Å². The van der Waals surface area contributed by atoms with Crippen LogP contribution in [0, 0.1) is 0 Å². The number of carbonyl (C=O) groups is 1. The van der Waals surface area contributed by atoms with Crippen LogP contribution in [-0.4, -0.2) is 22.9 Å². The highest BCUT2D eigenvalue weighted by molar-refractivity contribution is 5.94. The van der Waals surface area contributed by atoms with Crippen LogP contribution in [0.25, 0.3) is 10.9 Å². The lowest BCUT2D eigenvalue weighted by atomic mass is 10.2. The van der Waals surface area contributed by atoms with Gasteiger partial charge in [0.1, 0.15) is 12.4 Å². The van der Waals surface area contributed by atoms with Crippen LogP contribution in [0.5, 0.6) is 5.75 Å². The zero-order chi connectivity index (χ0) is 15.5. The summed E-state index contributed by atoms with van der Waals surface area (Å²) in [6.07, 6.45) is 0. The molecule has 0 saturated heterocycles. The van der Waals surface area contributed by atoms with Crippen molar-refractivity contribution in [3.05, 3.63) is 65.9 Å². The summed E-state index contributed by atoms with van der Waals surface area (Å²) in [6, 6.07) is 16.4. The fourth-order valence-electron chi connectivity index (χ4n) is 2.28. The SMILES string of the molecule is COc1ccc(COn2c(C(=O)O)cc3ccccc32)cc1. The van der Waals surface area contributed by atoms with E-state index in [0.29, 0.717) is 0 Å². The quantitative estimate of drug-likeness (QED) is 0.786. The Morgan fingerprint density at radius 3 is 2.55 bits per heavy atom. The van der Waals surface area contributed by atoms with Gasteiger partial charge >= 0.3 is 5.97 Å². The molecule has 0 saturated carbocycles. The van der Waals surface area contributed by atoms with E-state index in [-0.39, 0.29) is 12.3 Å². The number of benzene rings is 2. The minimum absolute atomic E-state index is 0.106. The van der Waals surface area contributed by atoms with Crippen LogP contribution in [0.4, 0.5) is 0 Å². The van der Waals surface area contributed by atoms with Crippen molar-refractivity contribution < 1.29 is 19.5 Å². The van der Waals surface area contributed by atoms with Gasteiger partial charge in [-0.1, -0.05) is 30.3 Å². The van der Waals surface area contributed by atoms with Crippen LogP contribution in [-0.2, 0) is 6.61 Å². The molecule has 0 aliphatic rings. The molecular formula is C17H15NO4. The molecule has 0 aliphatic carbocycles. The summed E-state index contributed by atoms with van der Waals surface area (Å²) in [5.74, 6) is -0.257. The molecule has 0 atom stereocenters. The van der Waals surface area contributed by atoms with E-state index in [4.69, 9.17) is 9.57 Å². The van der Waals surface area contributed by atoms with Gasteiger partial charge in [0, 0.05) is 5.39 Å². The lowest BCUT2D eigenvalue weighted by molar-refractivity contribution is 0.0589. The van der Waals surface area contributed by atoms with Crippen molar-refractivity contribution in [1.82, 2.24) is 4.73 Å². The van der Waals surface area contributed by atoms with E-state index in [1.165, 1.54) is 4.73 Å². The third-order valence-electron chi connectivity index (χ3n) is 3.41. The summed E-state index contributed by atoms with van der Waals surface area (Å²) in [5.41, 5.74) is 1.76. The zero-order valence-electron chi connectivity index (χ0n) is 12.0. The first-order chi connectivity index (χ1) is 10.7. The number of carboxylic acids is 1. The fraction of sp³-hybridized carbons (Fsp3) is 0.118. The molecule has 0 unspecified atom stereocenters. The molecule has 0 radical (unpaired) electrons. The van der Waals surface area contributed by atoms with E-state index >= 15 is 0 Å². The molecule has 22 heavy (non-hydrogen) atoms. The average molecular weight is 297 g/mol. The molecule has 3 rings (SSSR count). The van der Waals surface area contributed by atoms with E-state index in [2.05, 4.69) is 0 Å². The van der Waals surface area contributed by atoms with Crippen molar-refractivity contribution in [3.8, 4) is 5.75 Å². The highest BCUT2D eigenvalue weighted by Crippen LogP contribution is 2.19. The summed E-state index contributed by atoms with van der Waals surface area (Å²) in [7, 11) is 1.61.